The van der Waals surface area contributed by atoms with E-state index in [0.29, 0.717) is 6.42 Å². The maximum absolute atomic E-state index is 12.4. The molecule has 0 saturated carbocycles. The van der Waals surface area contributed by atoms with E-state index >= 15 is 0 Å². The highest BCUT2D eigenvalue weighted by Crippen LogP contribution is 2.27. The fraction of sp³-hybridized carbons (Fsp3) is 0.455. The van der Waals surface area contributed by atoms with Crippen molar-refractivity contribution >= 4 is 5.78 Å². The summed E-state index contributed by atoms with van der Waals surface area (Å²) in [6, 6.07) is 1.64. The van der Waals surface area contributed by atoms with E-state index < -0.39 is 17.3 Å². The minimum absolute atomic E-state index is 0.0509. The summed E-state index contributed by atoms with van der Waals surface area (Å²) in [7, 11) is 0. The Bertz CT molecular complexity index is 463. The zero-order valence-corrected chi connectivity index (χ0v) is 9.25. The van der Waals surface area contributed by atoms with Crippen LogP contribution in [0.5, 0.6) is 0 Å². The molecule has 0 radical (unpaired) electrons. The normalized spacial score (nSPS) is 11.5. The standard InChI is InChI=1S/C11H12F3NO2/c1-8(16)3-2-6-15-7-9(11(12,13)14)4-5-10(15)17/h4-5,7H,2-3,6H2,1H3. The number of ketones is 1. The van der Waals surface area contributed by atoms with Gasteiger partial charge in [-0.2, -0.15) is 13.2 Å². The van der Waals surface area contributed by atoms with Crippen LogP contribution in [0.2, 0.25) is 0 Å². The second kappa shape index (κ2) is 5.16. The van der Waals surface area contributed by atoms with Crippen LogP contribution in [0, 0.1) is 0 Å². The molecule has 94 valence electrons. The van der Waals surface area contributed by atoms with Crippen molar-refractivity contribution in [3.63, 3.8) is 0 Å². The van der Waals surface area contributed by atoms with Gasteiger partial charge < -0.3 is 9.36 Å². The van der Waals surface area contributed by atoms with Crippen LogP contribution >= 0.6 is 0 Å². The quantitative estimate of drug-likeness (QED) is 0.818. The molecular formula is C11H12F3NO2. The summed E-state index contributed by atoms with van der Waals surface area (Å²) < 4.78 is 38.1. The Kier molecular flexibility index (Phi) is 4.09. The van der Waals surface area contributed by atoms with Crippen molar-refractivity contribution < 1.29 is 18.0 Å². The van der Waals surface area contributed by atoms with Crippen LogP contribution in [0.1, 0.15) is 25.3 Å². The lowest BCUT2D eigenvalue weighted by atomic mass is 10.2. The van der Waals surface area contributed by atoms with Crippen molar-refractivity contribution in [1.29, 1.82) is 0 Å². The molecule has 1 aromatic heterocycles. The number of aryl methyl sites for hydroxylation is 1. The van der Waals surface area contributed by atoms with Gasteiger partial charge >= 0.3 is 6.18 Å². The van der Waals surface area contributed by atoms with E-state index in [-0.39, 0.29) is 18.7 Å². The first-order valence-electron chi connectivity index (χ1n) is 5.08. The van der Waals surface area contributed by atoms with E-state index in [0.717, 1.165) is 22.9 Å². The molecular weight excluding hydrogens is 235 g/mol. The van der Waals surface area contributed by atoms with Gasteiger partial charge in [-0.3, -0.25) is 4.79 Å². The predicted molar refractivity (Wildman–Crippen MR) is 55.6 cm³/mol. The third kappa shape index (κ3) is 4.05. The summed E-state index contributed by atoms with van der Waals surface area (Å²) in [5.74, 6) is -0.0509. The summed E-state index contributed by atoms with van der Waals surface area (Å²) in [6.07, 6.45) is -3.07. The average molecular weight is 247 g/mol. The van der Waals surface area contributed by atoms with Crippen molar-refractivity contribution in [3.8, 4) is 0 Å². The molecule has 0 unspecified atom stereocenters. The van der Waals surface area contributed by atoms with Crippen molar-refractivity contribution in [2.24, 2.45) is 0 Å². The molecule has 0 aliphatic carbocycles. The number of hydrogen-bond donors (Lipinski definition) is 0. The highest BCUT2D eigenvalue weighted by molar-refractivity contribution is 5.75. The van der Waals surface area contributed by atoms with Gasteiger partial charge in [-0.05, 0) is 19.4 Å². The molecule has 0 bridgehead atoms. The van der Waals surface area contributed by atoms with Gasteiger partial charge in [0.15, 0.2) is 0 Å². The molecule has 0 aliphatic heterocycles. The molecule has 0 saturated heterocycles. The molecule has 1 rings (SSSR count). The summed E-state index contributed by atoms with van der Waals surface area (Å²) in [6.45, 7) is 1.51. The number of pyridine rings is 1. The Morgan fingerprint density at radius 1 is 1.35 bits per heavy atom. The Morgan fingerprint density at radius 2 is 2.00 bits per heavy atom. The van der Waals surface area contributed by atoms with Crippen LogP contribution < -0.4 is 5.56 Å². The van der Waals surface area contributed by atoms with Gasteiger partial charge in [-0.1, -0.05) is 0 Å². The molecule has 0 aromatic carbocycles. The lowest BCUT2D eigenvalue weighted by molar-refractivity contribution is -0.138. The van der Waals surface area contributed by atoms with Crippen molar-refractivity contribution in [1.82, 2.24) is 4.57 Å². The summed E-state index contributed by atoms with van der Waals surface area (Å²) >= 11 is 0. The van der Waals surface area contributed by atoms with Crippen molar-refractivity contribution in [2.45, 2.75) is 32.5 Å². The average Bonchev–Trinajstić information content (AvgIpc) is 2.18. The van der Waals surface area contributed by atoms with Crippen LogP contribution in [0.4, 0.5) is 13.2 Å². The van der Waals surface area contributed by atoms with Crippen LogP contribution in [0.15, 0.2) is 23.1 Å². The molecule has 0 amide bonds. The highest BCUT2D eigenvalue weighted by atomic mass is 19.4. The molecule has 17 heavy (non-hydrogen) atoms. The Morgan fingerprint density at radius 3 is 2.53 bits per heavy atom. The number of carbonyl (C=O) groups excluding carboxylic acids is 1. The third-order valence-corrected chi connectivity index (χ3v) is 2.24. The van der Waals surface area contributed by atoms with Crippen LogP contribution in [0.3, 0.4) is 0 Å². The number of aromatic nitrogens is 1. The van der Waals surface area contributed by atoms with Crippen molar-refractivity contribution in [3.05, 3.63) is 34.2 Å². The number of Topliss-reactive ketones (excluding diaryl/α,β-unsaturated/α-hetero) is 1. The smallest absolute Gasteiger partial charge is 0.315 e. The zero-order chi connectivity index (χ0) is 13.1. The molecule has 0 spiro atoms. The lowest BCUT2D eigenvalue weighted by Gasteiger charge is -2.10. The van der Waals surface area contributed by atoms with Gasteiger partial charge in [0.2, 0.25) is 0 Å². The number of nitrogens with zero attached hydrogens (tertiary/aromatic N) is 1. The van der Waals surface area contributed by atoms with Gasteiger partial charge in [0.05, 0.1) is 5.56 Å². The maximum Gasteiger partial charge on any atom is 0.417 e. The summed E-state index contributed by atoms with van der Waals surface area (Å²) in [5.41, 5.74) is -1.36. The van der Waals surface area contributed by atoms with E-state index in [1.165, 1.54) is 6.92 Å². The van der Waals surface area contributed by atoms with Gasteiger partial charge in [-0.25, -0.2) is 0 Å². The fourth-order valence-electron chi connectivity index (χ4n) is 1.37. The second-order valence-corrected chi connectivity index (χ2v) is 3.75. The number of alkyl halides is 3. The van der Waals surface area contributed by atoms with Crippen LogP contribution in [-0.4, -0.2) is 10.4 Å². The van der Waals surface area contributed by atoms with E-state index in [9.17, 15) is 22.8 Å². The first-order chi connectivity index (χ1) is 7.80. The number of rotatable bonds is 4. The molecule has 1 aromatic rings. The predicted octanol–water partition coefficient (Wildman–Crippen LogP) is 2.24. The summed E-state index contributed by atoms with van der Waals surface area (Å²) in [5, 5.41) is 0. The van der Waals surface area contributed by atoms with E-state index in [1.54, 1.807) is 0 Å². The minimum Gasteiger partial charge on any atom is -0.315 e. The first kappa shape index (κ1) is 13.5. The Balaban J connectivity index is 2.84. The Labute approximate surface area is 95.9 Å². The fourth-order valence-corrected chi connectivity index (χ4v) is 1.37. The molecule has 1 heterocycles. The largest absolute Gasteiger partial charge is 0.417 e. The highest BCUT2D eigenvalue weighted by Gasteiger charge is 2.30. The zero-order valence-electron chi connectivity index (χ0n) is 9.25. The number of carbonyl (C=O) groups is 1. The topological polar surface area (TPSA) is 39.1 Å². The van der Waals surface area contributed by atoms with E-state index in [4.69, 9.17) is 0 Å². The lowest BCUT2D eigenvalue weighted by Crippen LogP contribution is -2.21. The van der Waals surface area contributed by atoms with Crippen LogP contribution in [-0.2, 0) is 17.5 Å². The number of halogens is 3. The van der Waals surface area contributed by atoms with Gasteiger partial charge in [-0.15, -0.1) is 0 Å². The first-order valence-corrected chi connectivity index (χ1v) is 5.08. The monoisotopic (exact) mass is 247 g/mol. The van der Waals surface area contributed by atoms with Gasteiger partial charge in [0.25, 0.3) is 5.56 Å². The molecule has 0 fully saturated rings. The van der Waals surface area contributed by atoms with Crippen LogP contribution in [0.25, 0.3) is 0 Å². The van der Waals surface area contributed by atoms with E-state index in [2.05, 4.69) is 0 Å². The van der Waals surface area contributed by atoms with E-state index in [1.807, 2.05) is 0 Å². The molecule has 3 nitrogen and oxygen atoms in total. The molecule has 0 aliphatic rings. The molecule has 0 atom stereocenters. The van der Waals surface area contributed by atoms with Gasteiger partial charge in [0, 0.05) is 25.2 Å². The summed E-state index contributed by atoms with van der Waals surface area (Å²) in [4.78, 5) is 22.0. The third-order valence-electron chi connectivity index (χ3n) is 2.24. The second-order valence-electron chi connectivity index (χ2n) is 3.75. The molecule has 0 N–H and O–H groups in total. The van der Waals surface area contributed by atoms with Gasteiger partial charge in [0.1, 0.15) is 5.78 Å². The minimum atomic E-state index is -4.46. The Hall–Kier alpha value is -1.59. The SMILES string of the molecule is CC(=O)CCCn1cc(C(F)(F)F)ccc1=O. The maximum atomic E-state index is 12.4. The molecule has 6 heteroatoms. The number of hydrogen-bond acceptors (Lipinski definition) is 2. The van der Waals surface area contributed by atoms with Crippen molar-refractivity contribution in [2.75, 3.05) is 0 Å².